The van der Waals surface area contributed by atoms with Crippen LogP contribution in [-0.2, 0) is 19.4 Å². The SMILES string of the molecule is COC(=O)/C(=C\Nc1ccc(F)c(F)c1)S(=O)(=O)c1ccccc1F. The Hall–Kier alpha value is -2.81. The molecule has 0 atom stereocenters. The van der Waals surface area contributed by atoms with E-state index in [1.807, 2.05) is 0 Å². The predicted octanol–water partition coefficient (Wildman–Crippen LogP) is 3.00. The lowest BCUT2D eigenvalue weighted by atomic mass is 10.3. The summed E-state index contributed by atoms with van der Waals surface area (Å²) in [6.07, 6.45) is 0.723. The van der Waals surface area contributed by atoms with Crippen molar-refractivity contribution in [3.8, 4) is 0 Å². The first-order chi connectivity index (χ1) is 11.8. The predicted molar refractivity (Wildman–Crippen MR) is 83.7 cm³/mol. The van der Waals surface area contributed by atoms with E-state index in [0.717, 1.165) is 43.6 Å². The molecule has 132 valence electrons. The lowest BCUT2D eigenvalue weighted by Gasteiger charge is -2.09. The van der Waals surface area contributed by atoms with Crippen molar-refractivity contribution in [2.24, 2.45) is 0 Å². The second kappa shape index (κ2) is 7.39. The van der Waals surface area contributed by atoms with Crippen molar-refractivity contribution in [3.63, 3.8) is 0 Å². The summed E-state index contributed by atoms with van der Waals surface area (Å²) in [7, 11) is -3.60. The summed E-state index contributed by atoms with van der Waals surface area (Å²) in [6.45, 7) is 0. The molecule has 0 amide bonds. The summed E-state index contributed by atoms with van der Waals surface area (Å²) in [4.78, 5) is 10.2. The van der Waals surface area contributed by atoms with E-state index >= 15 is 0 Å². The fraction of sp³-hybridized carbons (Fsp3) is 0.0625. The van der Waals surface area contributed by atoms with Gasteiger partial charge in [-0.15, -0.1) is 0 Å². The monoisotopic (exact) mass is 371 g/mol. The van der Waals surface area contributed by atoms with Gasteiger partial charge in [0.1, 0.15) is 10.7 Å². The number of hydrogen-bond donors (Lipinski definition) is 1. The molecule has 9 heteroatoms. The molecule has 0 aliphatic rings. The Balaban J connectivity index is 2.47. The number of hydrogen-bond acceptors (Lipinski definition) is 5. The number of nitrogens with one attached hydrogen (secondary N) is 1. The molecule has 2 aromatic rings. The van der Waals surface area contributed by atoms with Crippen LogP contribution in [0.25, 0.3) is 0 Å². The van der Waals surface area contributed by atoms with Gasteiger partial charge in [-0.25, -0.2) is 26.4 Å². The number of halogens is 3. The minimum Gasteiger partial charge on any atom is -0.465 e. The van der Waals surface area contributed by atoms with Crippen molar-refractivity contribution in [2.45, 2.75) is 4.90 Å². The Kier molecular flexibility index (Phi) is 5.48. The Labute approximate surface area is 141 Å². The zero-order valence-electron chi connectivity index (χ0n) is 12.8. The number of carbonyl (C=O) groups is 1. The molecule has 0 aliphatic heterocycles. The maximum absolute atomic E-state index is 13.8. The molecule has 0 aromatic heterocycles. The first-order valence-electron chi connectivity index (χ1n) is 6.77. The van der Waals surface area contributed by atoms with Crippen molar-refractivity contribution in [1.29, 1.82) is 0 Å². The molecule has 25 heavy (non-hydrogen) atoms. The van der Waals surface area contributed by atoms with E-state index in [4.69, 9.17) is 0 Å². The molecule has 0 bridgehead atoms. The van der Waals surface area contributed by atoms with Crippen LogP contribution in [0.4, 0.5) is 18.9 Å². The summed E-state index contributed by atoms with van der Waals surface area (Å²) in [5.41, 5.74) is -0.0240. The van der Waals surface area contributed by atoms with Gasteiger partial charge in [-0.1, -0.05) is 12.1 Å². The van der Waals surface area contributed by atoms with Crippen molar-refractivity contribution in [1.82, 2.24) is 0 Å². The molecule has 0 saturated heterocycles. The highest BCUT2D eigenvalue weighted by Crippen LogP contribution is 2.23. The van der Waals surface area contributed by atoms with Crippen LogP contribution in [-0.4, -0.2) is 21.5 Å². The van der Waals surface area contributed by atoms with E-state index in [1.54, 1.807) is 0 Å². The zero-order chi connectivity index (χ0) is 18.6. The van der Waals surface area contributed by atoms with Crippen LogP contribution in [0, 0.1) is 17.5 Å². The number of ether oxygens (including phenoxy) is 1. The molecule has 5 nitrogen and oxygen atoms in total. The minimum absolute atomic E-state index is 0.0240. The molecule has 0 unspecified atom stereocenters. The van der Waals surface area contributed by atoms with E-state index in [2.05, 4.69) is 10.1 Å². The van der Waals surface area contributed by atoms with Gasteiger partial charge in [-0.2, -0.15) is 0 Å². The Morgan fingerprint density at radius 1 is 1.04 bits per heavy atom. The standard InChI is InChI=1S/C16H12F3NO4S/c1-24-16(21)15(9-20-10-6-7-11(17)13(19)8-10)25(22,23)14-5-3-2-4-12(14)18/h2-9,20H,1H3/b15-9+. The quantitative estimate of drug-likeness (QED) is 0.646. The maximum atomic E-state index is 13.8. The van der Waals surface area contributed by atoms with Crippen molar-refractivity contribution < 1.29 is 31.1 Å². The molecule has 0 saturated carbocycles. The first-order valence-corrected chi connectivity index (χ1v) is 8.25. The lowest BCUT2D eigenvalue weighted by molar-refractivity contribution is -0.135. The van der Waals surface area contributed by atoms with Crippen LogP contribution in [0.5, 0.6) is 0 Å². The van der Waals surface area contributed by atoms with Gasteiger partial charge in [0.05, 0.1) is 7.11 Å². The van der Waals surface area contributed by atoms with Gasteiger partial charge in [0.2, 0.25) is 9.84 Å². The van der Waals surface area contributed by atoms with Crippen LogP contribution in [0.1, 0.15) is 0 Å². The number of esters is 1. The largest absolute Gasteiger partial charge is 0.465 e. The van der Waals surface area contributed by atoms with E-state index < -0.39 is 43.1 Å². The molecule has 1 N–H and O–H groups in total. The van der Waals surface area contributed by atoms with Crippen molar-refractivity contribution in [3.05, 3.63) is 71.0 Å². The summed E-state index contributed by atoms with van der Waals surface area (Å²) >= 11 is 0. The van der Waals surface area contributed by atoms with Gasteiger partial charge >= 0.3 is 5.97 Å². The van der Waals surface area contributed by atoms with E-state index in [-0.39, 0.29) is 5.69 Å². The summed E-state index contributed by atoms with van der Waals surface area (Å²) in [5, 5.41) is 2.35. The molecule has 0 fully saturated rings. The molecular weight excluding hydrogens is 359 g/mol. The number of benzene rings is 2. The Morgan fingerprint density at radius 3 is 2.32 bits per heavy atom. The highest BCUT2D eigenvalue weighted by atomic mass is 32.2. The second-order valence-corrected chi connectivity index (χ2v) is 6.59. The molecule has 0 spiro atoms. The Bertz CT molecular complexity index is 942. The third-order valence-corrected chi connectivity index (χ3v) is 4.87. The molecule has 0 heterocycles. The fourth-order valence-electron chi connectivity index (χ4n) is 1.86. The summed E-state index contributed by atoms with van der Waals surface area (Å²) in [5.74, 6) is -4.57. The summed E-state index contributed by atoms with van der Waals surface area (Å²) < 4.78 is 69.3. The smallest absolute Gasteiger partial charge is 0.351 e. The van der Waals surface area contributed by atoms with E-state index in [0.29, 0.717) is 0 Å². The topological polar surface area (TPSA) is 72.5 Å². The highest BCUT2D eigenvalue weighted by Gasteiger charge is 2.30. The lowest BCUT2D eigenvalue weighted by Crippen LogP contribution is -2.18. The number of methoxy groups -OCH3 is 1. The van der Waals surface area contributed by atoms with Gasteiger partial charge < -0.3 is 10.1 Å². The van der Waals surface area contributed by atoms with E-state index in [9.17, 15) is 26.4 Å². The van der Waals surface area contributed by atoms with Gasteiger partial charge in [-0.3, -0.25) is 0 Å². The molecule has 0 aliphatic carbocycles. The Morgan fingerprint density at radius 2 is 1.72 bits per heavy atom. The van der Waals surface area contributed by atoms with Crippen LogP contribution < -0.4 is 5.32 Å². The van der Waals surface area contributed by atoms with Crippen molar-refractivity contribution in [2.75, 3.05) is 12.4 Å². The van der Waals surface area contributed by atoms with Gasteiger partial charge in [0, 0.05) is 18.0 Å². The van der Waals surface area contributed by atoms with Gasteiger partial charge in [0.25, 0.3) is 0 Å². The molecule has 2 aromatic carbocycles. The van der Waals surface area contributed by atoms with Gasteiger partial charge in [-0.05, 0) is 24.3 Å². The number of anilines is 1. The molecule has 0 radical (unpaired) electrons. The fourth-order valence-corrected chi connectivity index (χ4v) is 3.20. The van der Waals surface area contributed by atoms with Crippen LogP contribution >= 0.6 is 0 Å². The molecular formula is C16H12F3NO4S. The minimum atomic E-state index is -4.55. The van der Waals surface area contributed by atoms with Crippen LogP contribution in [0.2, 0.25) is 0 Å². The number of rotatable bonds is 5. The normalized spacial score (nSPS) is 11.9. The molecule has 2 rings (SSSR count). The van der Waals surface area contributed by atoms with Crippen LogP contribution in [0.15, 0.2) is 58.5 Å². The maximum Gasteiger partial charge on any atom is 0.351 e. The van der Waals surface area contributed by atoms with Gasteiger partial charge in [0.15, 0.2) is 16.5 Å². The zero-order valence-corrected chi connectivity index (χ0v) is 13.6. The average Bonchev–Trinajstić information content (AvgIpc) is 2.58. The van der Waals surface area contributed by atoms with Crippen LogP contribution in [0.3, 0.4) is 0 Å². The third kappa shape index (κ3) is 4.00. The van der Waals surface area contributed by atoms with E-state index in [1.165, 1.54) is 12.1 Å². The number of sulfone groups is 1. The highest BCUT2D eigenvalue weighted by molar-refractivity contribution is 7.96. The third-order valence-electron chi connectivity index (χ3n) is 3.09. The average molecular weight is 371 g/mol. The van der Waals surface area contributed by atoms with Crippen molar-refractivity contribution >= 4 is 21.5 Å². The first kappa shape index (κ1) is 18.5. The second-order valence-electron chi connectivity index (χ2n) is 4.71. The number of carbonyl (C=O) groups excluding carboxylic acids is 1. The summed E-state index contributed by atoms with van der Waals surface area (Å²) in [6, 6.07) is 7.18.